The maximum absolute atomic E-state index is 15.2. The minimum Gasteiger partial charge on any atom is -0.494 e. The third-order valence-corrected chi connectivity index (χ3v) is 6.12. The lowest BCUT2D eigenvalue weighted by molar-refractivity contribution is 0.315. The fraction of sp³-hybridized carbons (Fsp3) is 0.233. The lowest BCUT2D eigenvalue weighted by atomic mass is 9.97. The highest BCUT2D eigenvalue weighted by molar-refractivity contribution is 5.84. The lowest BCUT2D eigenvalue weighted by Gasteiger charge is -2.10. The largest absolute Gasteiger partial charge is 0.494 e. The van der Waals surface area contributed by atoms with E-state index in [-0.39, 0.29) is 17.2 Å². The maximum atomic E-state index is 15.2. The second kappa shape index (κ2) is 11.1. The Morgan fingerprint density at radius 1 is 0.743 bits per heavy atom. The topological polar surface area (TPSA) is 33.0 Å². The summed E-state index contributed by atoms with van der Waals surface area (Å²) in [6.07, 6.45) is 2.93. The highest BCUT2D eigenvalue weighted by Gasteiger charge is 2.11. The van der Waals surface area contributed by atoms with Gasteiger partial charge in [0.25, 0.3) is 0 Å². The number of halogens is 3. The molecule has 0 radical (unpaired) electrons. The zero-order chi connectivity index (χ0) is 24.8. The number of hydrogen-bond acceptors (Lipinski definition) is 2. The van der Waals surface area contributed by atoms with Crippen molar-refractivity contribution in [1.82, 2.24) is 0 Å². The minimum absolute atomic E-state index is 0.00202. The molecule has 4 rings (SSSR count). The van der Waals surface area contributed by atoms with Gasteiger partial charge in [-0.05, 0) is 77.9 Å². The van der Waals surface area contributed by atoms with Crippen molar-refractivity contribution in [2.45, 2.75) is 39.0 Å². The quantitative estimate of drug-likeness (QED) is 0.252. The Hall–Kier alpha value is -3.78. The predicted octanol–water partition coefficient (Wildman–Crippen LogP) is 7.49. The average molecular weight is 474 g/mol. The molecule has 0 atom stereocenters. The van der Waals surface area contributed by atoms with Gasteiger partial charge in [0.15, 0.2) is 0 Å². The Morgan fingerprint density at radius 2 is 1.46 bits per heavy atom. The number of hydrogen-bond donors (Lipinski definition) is 0. The van der Waals surface area contributed by atoms with Crippen LogP contribution in [0.4, 0.5) is 13.2 Å². The van der Waals surface area contributed by atoms with Gasteiger partial charge in [-0.1, -0.05) is 49.4 Å². The van der Waals surface area contributed by atoms with E-state index in [0.29, 0.717) is 60.1 Å². The van der Waals surface area contributed by atoms with Crippen molar-refractivity contribution in [1.29, 1.82) is 5.26 Å². The highest BCUT2D eigenvalue weighted by Crippen LogP contribution is 2.25. The van der Waals surface area contributed by atoms with Gasteiger partial charge >= 0.3 is 0 Å². The number of aryl methyl sites for hydroxylation is 4. The first-order valence-corrected chi connectivity index (χ1v) is 11.8. The zero-order valence-corrected chi connectivity index (χ0v) is 19.6. The van der Waals surface area contributed by atoms with Crippen molar-refractivity contribution in [3.8, 4) is 11.8 Å². The normalized spacial score (nSPS) is 10.9. The molecule has 0 bridgehead atoms. The van der Waals surface area contributed by atoms with Gasteiger partial charge in [-0.2, -0.15) is 5.26 Å². The molecule has 0 amide bonds. The molecule has 0 fully saturated rings. The van der Waals surface area contributed by atoms with E-state index in [4.69, 9.17) is 10.00 Å². The van der Waals surface area contributed by atoms with E-state index in [1.165, 1.54) is 18.2 Å². The maximum Gasteiger partial charge on any atom is 0.141 e. The van der Waals surface area contributed by atoms with Crippen LogP contribution in [0.3, 0.4) is 0 Å². The standard InChI is InChI=1S/C30H26F3NO/c1-2-15-35-26-13-12-22(29(32)18-26)7-3-20-6-14-27-24(16-20)11-10-23(30(27)33)8-4-21-5-9-25(19-34)28(31)17-21/h5-6,9-14,16-18H,2-4,7-8,15H2,1H3. The monoisotopic (exact) mass is 473 g/mol. The second-order valence-corrected chi connectivity index (χ2v) is 8.62. The van der Waals surface area contributed by atoms with E-state index in [2.05, 4.69) is 0 Å². The van der Waals surface area contributed by atoms with Crippen molar-refractivity contribution in [2.75, 3.05) is 6.61 Å². The molecule has 0 aliphatic rings. The van der Waals surface area contributed by atoms with Crippen molar-refractivity contribution < 1.29 is 17.9 Å². The molecule has 35 heavy (non-hydrogen) atoms. The summed E-state index contributed by atoms with van der Waals surface area (Å²) in [7, 11) is 0. The van der Waals surface area contributed by atoms with E-state index in [0.717, 1.165) is 17.4 Å². The molecular weight excluding hydrogens is 447 g/mol. The van der Waals surface area contributed by atoms with Crippen LogP contribution in [0.15, 0.2) is 66.7 Å². The summed E-state index contributed by atoms with van der Waals surface area (Å²) < 4.78 is 48.9. The molecule has 0 saturated heterocycles. The van der Waals surface area contributed by atoms with Gasteiger partial charge in [0.2, 0.25) is 0 Å². The van der Waals surface area contributed by atoms with Crippen LogP contribution in [-0.4, -0.2) is 6.61 Å². The Labute approximate surface area is 203 Å². The molecule has 4 aromatic carbocycles. The summed E-state index contributed by atoms with van der Waals surface area (Å²) in [5.41, 5.74) is 2.90. The first kappa shape index (κ1) is 24.3. The fourth-order valence-corrected chi connectivity index (χ4v) is 4.14. The van der Waals surface area contributed by atoms with E-state index in [9.17, 15) is 8.78 Å². The van der Waals surface area contributed by atoms with Crippen molar-refractivity contribution in [2.24, 2.45) is 0 Å². The van der Waals surface area contributed by atoms with Gasteiger partial charge in [-0.15, -0.1) is 0 Å². The molecule has 2 nitrogen and oxygen atoms in total. The van der Waals surface area contributed by atoms with Crippen molar-refractivity contribution in [3.63, 3.8) is 0 Å². The van der Waals surface area contributed by atoms with Crippen LogP contribution in [-0.2, 0) is 25.7 Å². The van der Waals surface area contributed by atoms with Crippen LogP contribution < -0.4 is 4.74 Å². The summed E-state index contributed by atoms with van der Waals surface area (Å²) >= 11 is 0. The SMILES string of the molecule is CCCOc1ccc(CCc2ccc3c(F)c(CCc4ccc(C#N)c(F)c4)ccc3c2)c(F)c1. The summed E-state index contributed by atoms with van der Waals surface area (Å²) in [4.78, 5) is 0. The smallest absolute Gasteiger partial charge is 0.141 e. The third kappa shape index (κ3) is 5.84. The number of ether oxygens (including phenoxy) is 1. The summed E-state index contributed by atoms with van der Waals surface area (Å²) in [5.74, 6) is -0.583. The molecule has 0 saturated carbocycles. The summed E-state index contributed by atoms with van der Waals surface area (Å²) in [5, 5.41) is 10.2. The molecule has 0 aromatic heterocycles. The molecule has 5 heteroatoms. The Balaban J connectivity index is 1.43. The molecule has 0 aliphatic heterocycles. The van der Waals surface area contributed by atoms with Gasteiger partial charge in [0, 0.05) is 11.5 Å². The van der Waals surface area contributed by atoms with E-state index in [1.54, 1.807) is 36.4 Å². The van der Waals surface area contributed by atoms with Gasteiger partial charge in [-0.3, -0.25) is 0 Å². The van der Waals surface area contributed by atoms with Crippen LogP contribution in [0.1, 0.15) is 41.2 Å². The van der Waals surface area contributed by atoms with Gasteiger partial charge < -0.3 is 4.74 Å². The van der Waals surface area contributed by atoms with Gasteiger partial charge in [0.1, 0.15) is 29.3 Å². The highest BCUT2D eigenvalue weighted by atomic mass is 19.1. The lowest BCUT2D eigenvalue weighted by Crippen LogP contribution is -1.99. The molecule has 0 unspecified atom stereocenters. The zero-order valence-electron chi connectivity index (χ0n) is 19.6. The molecule has 0 heterocycles. The molecule has 0 N–H and O–H groups in total. The predicted molar refractivity (Wildman–Crippen MR) is 132 cm³/mol. The first-order chi connectivity index (χ1) is 17.0. The minimum atomic E-state index is -0.558. The van der Waals surface area contributed by atoms with Crippen LogP contribution >= 0.6 is 0 Å². The molecular formula is C30H26F3NO. The van der Waals surface area contributed by atoms with Gasteiger partial charge in [0.05, 0.1) is 12.2 Å². The number of nitriles is 1. The Morgan fingerprint density at radius 3 is 2.17 bits per heavy atom. The second-order valence-electron chi connectivity index (χ2n) is 8.62. The van der Waals surface area contributed by atoms with E-state index in [1.807, 2.05) is 25.1 Å². The van der Waals surface area contributed by atoms with Crippen LogP contribution in [0.2, 0.25) is 0 Å². The number of fused-ring (bicyclic) bond motifs is 1. The molecule has 4 aromatic rings. The number of nitrogens with zero attached hydrogens (tertiary/aromatic N) is 1. The van der Waals surface area contributed by atoms with Crippen LogP contribution in [0, 0.1) is 28.8 Å². The summed E-state index contributed by atoms with van der Waals surface area (Å²) in [6, 6.07) is 20.5. The molecule has 0 aliphatic carbocycles. The third-order valence-electron chi connectivity index (χ3n) is 6.12. The Kier molecular flexibility index (Phi) is 7.72. The first-order valence-electron chi connectivity index (χ1n) is 11.8. The van der Waals surface area contributed by atoms with Crippen molar-refractivity contribution >= 4 is 10.8 Å². The number of rotatable bonds is 9. The van der Waals surface area contributed by atoms with Crippen LogP contribution in [0.25, 0.3) is 10.8 Å². The van der Waals surface area contributed by atoms with E-state index < -0.39 is 5.82 Å². The average Bonchev–Trinajstić information content (AvgIpc) is 2.86. The molecule has 178 valence electrons. The van der Waals surface area contributed by atoms with Crippen molar-refractivity contribution in [3.05, 3.63) is 112 Å². The van der Waals surface area contributed by atoms with Crippen LogP contribution in [0.5, 0.6) is 5.75 Å². The fourth-order valence-electron chi connectivity index (χ4n) is 4.14. The Bertz CT molecular complexity index is 1390. The van der Waals surface area contributed by atoms with Gasteiger partial charge in [-0.25, -0.2) is 13.2 Å². The summed E-state index contributed by atoms with van der Waals surface area (Å²) in [6.45, 7) is 2.56. The molecule has 0 spiro atoms. The number of benzene rings is 4. The van der Waals surface area contributed by atoms with E-state index >= 15 is 4.39 Å².